The summed E-state index contributed by atoms with van der Waals surface area (Å²) in [5.41, 5.74) is 8.48. The number of hydrogen-bond acceptors (Lipinski definition) is 2. The summed E-state index contributed by atoms with van der Waals surface area (Å²) in [6.07, 6.45) is 3.63. The molecular formula is C16H12BrClN2. The van der Waals surface area contributed by atoms with E-state index >= 15 is 0 Å². The van der Waals surface area contributed by atoms with Gasteiger partial charge in [-0.15, -0.1) is 0 Å². The second-order valence-electron chi connectivity index (χ2n) is 4.59. The lowest BCUT2D eigenvalue weighted by atomic mass is 9.95. The molecule has 1 atom stereocenters. The lowest BCUT2D eigenvalue weighted by molar-refractivity contribution is 0.875. The highest BCUT2D eigenvalue weighted by Gasteiger charge is 2.15. The minimum atomic E-state index is -0.242. The zero-order valence-electron chi connectivity index (χ0n) is 10.6. The molecule has 4 heteroatoms. The second kappa shape index (κ2) is 5.52. The molecule has 0 saturated heterocycles. The van der Waals surface area contributed by atoms with Crippen LogP contribution in [0.1, 0.15) is 17.2 Å². The number of halogens is 2. The van der Waals surface area contributed by atoms with E-state index in [2.05, 4.69) is 20.9 Å². The van der Waals surface area contributed by atoms with Crippen LogP contribution in [0.3, 0.4) is 0 Å². The monoisotopic (exact) mass is 346 g/mol. The third-order valence-corrected chi connectivity index (χ3v) is 4.30. The zero-order valence-corrected chi connectivity index (χ0v) is 12.9. The molecule has 20 heavy (non-hydrogen) atoms. The highest BCUT2D eigenvalue weighted by molar-refractivity contribution is 9.10. The van der Waals surface area contributed by atoms with E-state index in [0.717, 1.165) is 26.4 Å². The van der Waals surface area contributed by atoms with Crippen molar-refractivity contribution < 1.29 is 0 Å². The molecule has 2 aromatic carbocycles. The Bertz CT molecular complexity index is 768. The molecule has 3 aromatic rings. The van der Waals surface area contributed by atoms with Crippen molar-refractivity contribution in [2.75, 3.05) is 0 Å². The van der Waals surface area contributed by atoms with Crippen molar-refractivity contribution in [2.24, 2.45) is 5.73 Å². The molecule has 0 fully saturated rings. The number of aromatic nitrogens is 1. The number of benzene rings is 2. The summed E-state index contributed by atoms with van der Waals surface area (Å²) in [5.74, 6) is 0. The van der Waals surface area contributed by atoms with Crippen LogP contribution in [0.4, 0.5) is 0 Å². The SMILES string of the molecule is NC(c1cc(Cl)ccc1Br)c1cccc2cnccc12. The fourth-order valence-corrected chi connectivity index (χ4v) is 3.01. The van der Waals surface area contributed by atoms with Gasteiger partial charge in [0, 0.05) is 27.3 Å². The molecule has 1 heterocycles. The van der Waals surface area contributed by atoms with Gasteiger partial charge in [0.2, 0.25) is 0 Å². The van der Waals surface area contributed by atoms with Gasteiger partial charge >= 0.3 is 0 Å². The molecule has 1 unspecified atom stereocenters. The molecule has 0 aliphatic heterocycles. The number of nitrogens with two attached hydrogens (primary N) is 1. The smallest absolute Gasteiger partial charge is 0.0569 e. The van der Waals surface area contributed by atoms with Crippen LogP contribution in [-0.4, -0.2) is 4.98 Å². The summed E-state index contributed by atoms with van der Waals surface area (Å²) in [6.45, 7) is 0. The standard InChI is InChI=1S/C16H12BrClN2/c17-15-5-4-11(18)8-14(15)16(19)13-3-1-2-10-9-20-7-6-12(10)13/h1-9,16H,19H2. The Kier molecular flexibility index (Phi) is 3.74. The highest BCUT2D eigenvalue weighted by atomic mass is 79.9. The third kappa shape index (κ3) is 2.44. The molecule has 100 valence electrons. The van der Waals surface area contributed by atoms with Crippen LogP contribution in [0, 0.1) is 0 Å². The maximum absolute atomic E-state index is 6.44. The summed E-state index contributed by atoms with van der Waals surface area (Å²) >= 11 is 9.62. The maximum atomic E-state index is 6.44. The van der Waals surface area contributed by atoms with Crippen LogP contribution in [0.2, 0.25) is 5.02 Å². The molecule has 3 rings (SSSR count). The first-order valence-corrected chi connectivity index (χ1v) is 7.37. The second-order valence-corrected chi connectivity index (χ2v) is 5.88. The van der Waals surface area contributed by atoms with Crippen molar-refractivity contribution in [1.82, 2.24) is 4.98 Å². The largest absolute Gasteiger partial charge is 0.320 e. The Morgan fingerprint density at radius 1 is 1.10 bits per heavy atom. The van der Waals surface area contributed by atoms with Crippen LogP contribution in [0.5, 0.6) is 0 Å². The molecule has 2 nitrogen and oxygen atoms in total. The van der Waals surface area contributed by atoms with Gasteiger partial charge in [0.25, 0.3) is 0 Å². The van der Waals surface area contributed by atoms with Crippen molar-refractivity contribution in [2.45, 2.75) is 6.04 Å². The average Bonchev–Trinajstić information content (AvgIpc) is 2.48. The van der Waals surface area contributed by atoms with E-state index in [1.54, 1.807) is 6.20 Å². The van der Waals surface area contributed by atoms with Gasteiger partial charge in [0.15, 0.2) is 0 Å². The van der Waals surface area contributed by atoms with Crippen molar-refractivity contribution in [3.63, 3.8) is 0 Å². The van der Waals surface area contributed by atoms with Crippen LogP contribution < -0.4 is 5.73 Å². The Morgan fingerprint density at radius 3 is 2.80 bits per heavy atom. The van der Waals surface area contributed by atoms with Gasteiger partial charge in [0.05, 0.1) is 6.04 Å². The normalized spacial score (nSPS) is 12.6. The minimum Gasteiger partial charge on any atom is -0.320 e. The number of rotatable bonds is 2. The molecule has 0 aliphatic carbocycles. The zero-order chi connectivity index (χ0) is 14.1. The average molecular weight is 348 g/mol. The van der Waals surface area contributed by atoms with Crippen molar-refractivity contribution in [3.8, 4) is 0 Å². The lowest BCUT2D eigenvalue weighted by Crippen LogP contribution is -2.13. The molecule has 0 amide bonds. The molecule has 0 aliphatic rings. The summed E-state index contributed by atoms with van der Waals surface area (Å²) in [4.78, 5) is 4.15. The van der Waals surface area contributed by atoms with Crippen LogP contribution in [0.25, 0.3) is 10.8 Å². The summed E-state index contributed by atoms with van der Waals surface area (Å²) in [6, 6.07) is 13.5. The quantitative estimate of drug-likeness (QED) is 0.730. The van der Waals surface area contributed by atoms with Crippen LogP contribution in [-0.2, 0) is 0 Å². The number of fused-ring (bicyclic) bond motifs is 1. The summed E-state index contributed by atoms with van der Waals surface area (Å²) in [7, 11) is 0. The van der Waals surface area contributed by atoms with E-state index in [9.17, 15) is 0 Å². The van der Waals surface area contributed by atoms with Gasteiger partial charge in [-0.25, -0.2) is 0 Å². The first-order chi connectivity index (χ1) is 9.66. The van der Waals surface area contributed by atoms with Gasteiger partial charge in [-0.05, 0) is 40.8 Å². The van der Waals surface area contributed by atoms with Crippen molar-refractivity contribution in [3.05, 3.63) is 75.5 Å². The lowest BCUT2D eigenvalue weighted by Gasteiger charge is -2.17. The molecule has 0 radical (unpaired) electrons. The van der Waals surface area contributed by atoms with E-state index in [1.807, 2.05) is 48.7 Å². The molecule has 1 aromatic heterocycles. The van der Waals surface area contributed by atoms with E-state index in [4.69, 9.17) is 17.3 Å². The van der Waals surface area contributed by atoms with Gasteiger partial charge in [-0.1, -0.05) is 45.7 Å². The number of pyridine rings is 1. The Balaban J connectivity index is 2.17. The molecule has 2 N–H and O–H groups in total. The van der Waals surface area contributed by atoms with E-state index in [-0.39, 0.29) is 6.04 Å². The summed E-state index contributed by atoms with van der Waals surface area (Å²) in [5, 5.41) is 2.88. The predicted octanol–water partition coefficient (Wildman–Crippen LogP) is 4.70. The van der Waals surface area contributed by atoms with Gasteiger partial charge in [0.1, 0.15) is 0 Å². The van der Waals surface area contributed by atoms with E-state index in [1.165, 1.54) is 0 Å². The van der Waals surface area contributed by atoms with Crippen molar-refractivity contribution in [1.29, 1.82) is 0 Å². The Morgan fingerprint density at radius 2 is 1.95 bits per heavy atom. The predicted molar refractivity (Wildman–Crippen MR) is 86.9 cm³/mol. The van der Waals surface area contributed by atoms with Gasteiger partial charge < -0.3 is 5.73 Å². The first kappa shape index (κ1) is 13.6. The van der Waals surface area contributed by atoms with E-state index < -0.39 is 0 Å². The number of hydrogen-bond donors (Lipinski definition) is 1. The topological polar surface area (TPSA) is 38.9 Å². The fraction of sp³-hybridized carbons (Fsp3) is 0.0625. The number of nitrogens with zero attached hydrogens (tertiary/aromatic N) is 1. The highest BCUT2D eigenvalue weighted by Crippen LogP contribution is 2.32. The van der Waals surface area contributed by atoms with Crippen molar-refractivity contribution >= 4 is 38.3 Å². The van der Waals surface area contributed by atoms with Crippen LogP contribution >= 0.6 is 27.5 Å². The Labute approximate surface area is 130 Å². The van der Waals surface area contributed by atoms with Crippen LogP contribution in [0.15, 0.2) is 59.3 Å². The van der Waals surface area contributed by atoms with Gasteiger partial charge in [-0.3, -0.25) is 4.98 Å². The summed E-state index contributed by atoms with van der Waals surface area (Å²) < 4.78 is 0.959. The fourth-order valence-electron chi connectivity index (χ4n) is 2.34. The Hall–Kier alpha value is -1.42. The molecule has 0 saturated carbocycles. The molecular weight excluding hydrogens is 336 g/mol. The maximum Gasteiger partial charge on any atom is 0.0569 e. The first-order valence-electron chi connectivity index (χ1n) is 6.20. The molecule has 0 bridgehead atoms. The minimum absolute atomic E-state index is 0.242. The van der Waals surface area contributed by atoms with Gasteiger partial charge in [-0.2, -0.15) is 0 Å². The molecule has 0 spiro atoms. The third-order valence-electron chi connectivity index (χ3n) is 3.34. The van der Waals surface area contributed by atoms with E-state index in [0.29, 0.717) is 5.02 Å².